The third-order valence-electron chi connectivity index (χ3n) is 2.81. The van der Waals surface area contributed by atoms with E-state index >= 15 is 0 Å². The van der Waals surface area contributed by atoms with Gasteiger partial charge < -0.3 is 4.90 Å². The number of halogens is 1. The molecule has 0 N–H and O–H groups in total. The van der Waals surface area contributed by atoms with Crippen molar-refractivity contribution in [3.05, 3.63) is 52.4 Å². The van der Waals surface area contributed by atoms with Crippen LogP contribution < -0.4 is 4.90 Å². The minimum atomic E-state index is 0.389. The molecule has 1 aromatic heterocycles. The molecule has 0 saturated heterocycles. The number of hydrogen-bond donors (Lipinski definition) is 0. The molecule has 2 rings (SSSR count). The van der Waals surface area contributed by atoms with Gasteiger partial charge in [-0.2, -0.15) is 5.26 Å². The number of likely N-dealkylation sites (N-methyl/N-ethyl adjacent to an activating group) is 1. The summed E-state index contributed by atoms with van der Waals surface area (Å²) in [4.78, 5) is 10.1. The van der Waals surface area contributed by atoms with Crippen molar-refractivity contribution in [2.45, 2.75) is 6.42 Å². The molecule has 0 radical (unpaired) electrons. The van der Waals surface area contributed by atoms with E-state index in [1.807, 2.05) is 30.1 Å². The van der Waals surface area contributed by atoms with E-state index in [1.165, 1.54) is 11.9 Å². The number of anilines is 1. The zero-order valence-corrected chi connectivity index (χ0v) is 12.1. The largest absolute Gasteiger partial charge is 0.359 e. The van der Waals surface area contributed by atoms with Crippen molar-refractivity contribution in [2.24, 2.45) is 0 Å². The summed E-state index contributed by atoms with van der Waals surface area (Å²) < 4.78 is 1.08. The molecule has 0 saturated carbocycles. The molecule has 96 valence electrons. The molecule has 0 aliphatic carbocycles. The van der Waals surface area contributed by atoms with Crippen molar-refractivity contribution in [3.63, 3.8) is 0 Å². The first-order valence-corrected chi connectivity index (χ1v) is 6.66. The quantitative estimate of drug-likeness (QED) is 0.870. The molecule has 0 amide bonds. The summed E-state index contributed by atoms with van der Waals surface area (Å²) in [6.07, 6.45) is 2.35. The minimum Gasteiger partial charge on any atom is -0.359 e. The first-order chi connectivity index (χ1) is 9.19. The van der Waals surface area contributed by atoms with Crippen LogP contribution in [-0.2, 0) is 6.42 Å². The summed E-state index contributed by atoms with van der Waals surface area (Å²) in [5, 5.41) is 8.81. The Morgan fingerprint density at radius 2 is 2.00 bits per heavy atom. The third kappa shape index (κ3) is 3.76. The summed E-state index contributed by atoms with van der Waals surface area (Å²) in [7, 11) is 1.96. The van der Waals surface area contributed by atoms with Gasteiger partial charge in [0.05, 0.1) is 0 Å². The molecule has 1 aromatic carbocycles. The molecule has 2 aromatic rings. The van der Waals surface area contributed by atoms with E-state index in [-0.39, 0.29) is 0 Å². The molecule has 5 heteroatoms. The third-order valence-corrected chi connectivity index (χ3v) is 3.34. The van der Waals surface area contributed by atoms with Gasteiger partial charge in [0.15, 0.2) is 0 Å². The molecule has 1 heterocycles. The van der Waals surface area contributed by atoms with E-state index in [2.05, 4.69) is 38.0 Å². The number of benzene rings is 1. The van der Waals surface area contributed by atoms with Crippen LogP contribution in [0.1, 0.15) is 11.3 Å². The standard InChI is InChI=1S/C14H13BrN4/c1-19(14-8-13(9-16)17-10-18-14)7-6-11-2-4-12(15)5-3-11/h2-5,8,10H,6-7H2,1H3. The van der Waals surface area contributed by atoms with Crippen LogP contribution in [0, 0.1) is 11.3 Å². The van der Waals surface area contributed by atoms with E-state index in [4.69, 9.17) is 5.26 Å². The molecule has 4 nitrogen and oxygen atoms in total. The van der Waals surface area contributed by atoms with Crippen molar-refractivity contribution in [2.75, 3.05) is 18.5 Å². The fourth-order valence-electron chi connectivity index (χ4n) is 1.68. The van der Waals surface area contributed by atoms with Crippen molar-refractivity contribution >= 4 is 21.7 Å². The van der Waals surface area contributed by atoms with Gasteiger partial charge in [0.25, 0.3) is 0 Å². The Labute approximate surface area is 120 Å². The fourth-order valence-corrected chi connectivity index (χ4v) is 1.94. The predicted molar refractivity (Wildman–Crippen MR) is 77.9 cm³/mol. The fraction of sp³-hybridized carbons (Fsp3) is 0.214. The molecule has 0 atom stereocenters. The molecule has 0 fully saturated rings. The van der Waals surface area contributed by atoms with E-state index in [0.717, 1.165) is 23.3 Å². The van der Waals surface area contributed by atoms with E-state index in [9.17, 15) is 0 Å². The Kier molecular flexibility index (Phi) is 4.48. The second kappa shape index (κ2) is 6.30. The maximum Gasteiger partial charge on any atom is 0.145 e. The highest BCUT2D eigenvalue weighted by Gasteiger charge is 2.04. The van der Waals surface area contributed by atoms with Crippen LogP contribution in [0.25, 0.3) is 0 Å². The van der Waals surface area contributed by atoms with Crippen molar-refractivity contribution < 1.29 is 0 Å². The van der Waals surface area contributed by atoms with E-state index in [1.54, 1.807) is 6.07 Å². The van der Waals surface area contributed by atoms with E-state index in [0.29, 0.717) is 5.69 Å². The van der Waals surface area contributed by atoms with Gasteiger partial charge in [0, 0.05) is 24.1 Å². The SMILES string of the molecule is CN(CCc1ccc(Br)cc1)c1cc(C#N)ncn1. The molecule has 0 aliphatic heterocycles. The van der Waals surface area contributed by atoms with Crippen LogP contribution in [-0.4, -0.2) is 23.6 Å². The maximum absolute atomic E-state index is 8.81. The van der Waals surface area contributed by atoms with Crippen molar-refractivity contribution in [1.82, 2.24) is 9.97 Å². The topological polar surface area (TPSA) is 52.8 Å². The maximum atomic E-state index is 8.81. The zero-order valence-electron chi connectivity index (χ0n) is 10.5. The second-order valence-corrected chi connectivity index (χ2v) is 5.09. The highest BCUT2D eigenvalue weighted by atomic mass is 79.9. The smallest absolute Gasteiger partial charge is 0.145 e. The number of hydrogen-bond acceptors (Lipinski definition) is 4. The van der Waals surface area contributed by atoms with Crippen LogP contribution in [0.2, 0.25) is 0 Å². The number of nitriles is 1. The molecular formula is C14H13BrN4. The molecule has 0 unspecified atom stereocenters. The average molecular weight is 317 g/mol. The van der Waals surface area contributed by atoms with Crippen molar-refractivity contribution in [1.29, 1.82) is 5.26 Å². The zero-order chi connectivity index (χ0) is 13.7. The molecule has 0 bridgehead atoms. The molecule has 0 spiro atoms. The second-order valence-electron chi connectivity index (χ2n) is 4.17. The Morgan fingerprint density at radius 3 is 2.68 bits per heavy atom. The van der Waals surface area contributed by atoms with Gasteiger partial charge >= 0.3 is 0 Å². The predicted octanol–water partition coefficient (Wildman–Crippen LogP) is 2.79. The number of aromatic nitrogens is 2. The lowest BCUT2D eigenvalue weighted by Crippen LogP contribution is -2.21. The summed E-state index contributed by atoms with van der Waals surface area (Å²) in [5.74, 6) is 0.767. The van der Waals surface area contributed by atoms with Gasteiger partial charge in [-0.25, -0.2) is 9.97 Å². The Bertz CT molecular complexity index is 589. The summed E-state index contributed by atoms with van der Waals surface area (Å²) in [5.41, 5.74) is 1.66. The molecular weight excluding hydrogens is 304 g/mol. The number of nitrogens with zero attached hydrogens (tertiary/aromatic N) is 4. The minimum absolute atomic E-state index is 0.389. The van der Waals surface area contributed by atoms with Crippen LogP contribution in [0.3, 0.4) is 0 Å². The average Bonchev–Trinajstić information content (AvgIpc) is 2.46. The summed E-state index contributed by atoms with van der Waals surface area (Å²) >= 11 is 3.42. The highest BCUT2D eigenvalue weighted by Crippen LogP contribution is 2.13. The lowest BCUT2D eigenvalue weighted by molar-refractivity contribution is 0.854. The van der Waals surface area contributed by atoms with Gasteiger partial charge in [-0.05, 0) is 24.1 Å². The lowest BCUT2D eigenvalue weighted by Gasteiger charge is -2.17. The molecule has 0 aliphatic rings. The van der Waals surface area contributed by atoms with Crippen LogP contribution in [0.5, 0.6) is 0 Å². The van der Waals surface area contributed by atoms with Crippen molar-refractivity contribution in [3.8, 4) is 6.07 Å². The van der Waals surface area contributed by atoms with Gasteiger partial charge in [-0.15, -0.1) is 0 Å². The first-order valence-electron chi connectivity index (χ1n) is 5.87. The Hall–Kier alpha value is -1.93. The number of rotatable bonds is 4. The van der Waals surface area contributed by atoms with Gasteiger partial charge in [-0.1, -0.05) is 28.1 Å². The van der Waals surface area contributed by atoms with Crippen LogP contribution in [0.15, 0.2) is 41.1 Å². The summed E-state index contributed by atoms with van der Waals surface area (Å²) in [6, 6.07) is 12.0. The first kappa shape index (κ1) is 13.5. The monoisotopic (exact) mass is 316 g/mol. The molecule has 19 heavy (non-hydrogen) atoms. The Morgan fingerprint density at radius 1 is 1.26 bits per heavy atom. The van der Waals surface area contributed by atoms with Crippen LogP contribution in [0.4, 0.5) is 5.82 Å². The summed E-state index contributed by atoms with van der Waals surface area (Å²) in [6.45, 7) is 0.837. The normalized spacial score (nSPS) is 9.95. The van der Waals surface area contributed by atoms with Gasteiger partial charge in [0.2, 0.25) is 0 Å². The van der Waals surface area contributed by atoms with Gasteiger partial charge in [-0.3, -0.25) is 0 Å². The van der Waals surface area contributed by atoms with Crippen LogP contribution >= 0.6 is 15.9 Å². The van der Waals surface area contributed by atoms with E-state index < -0.39 is 0 Å². The van der Waals surface area contributed by atoms with Gasteiger partial charge in [0.1, 0.15) is 23.9 Å². The lowest BCUT2D eigenvalue weighted by atomic mass is 10.1. The Balaban J connectivity index is 1.99. The highest BCUT2D eigenvalue weighted by molar-refractivity contribution is 9.10.